The van der Waals surface area contributed by atoms with E-state index < -0.39 is 6.00 Å². The molecular weight excluding hydrogens is 367 g/mol. The van der Waals surface area contributed by atoms with Gasteiger partial charge in [0.05, 0.1) is 6.10 Å². The lowest BCUT2D eigenvalue weighted by atomic mass is 9.82. The van der Waals surface area contributed by atoms with E-state index in [1.807, 2.05) is 0 Å². The maximum Gasteiger partial charge on any atom is 0.341 e. The average molecular weight is 394 g/mol. The van der Waals surface area contributed by atoms with Crippen LogP contribution in [0.15, 0.2) is 24.3 Å². The second-order valence-corrected chi connectivity index (χ2v) is 15.8. The lowest BCUT2D eigenvalue weighted by molar-refractivity contribution is 0.0251. The lowest BCUT2D eigenvalue weighted by Gasteiger charge is -2.29. The molecule has 0 spiro atoms. The SMILES string of the molecule is CCCc1ccc([C@H]2CC[C@H](OCCC[Si](Cl)(Cl)Cl)CC2)cc1. The van der Waals surface area contributed by atoms with E-state index in [0.717, 1.165) is 25.9 Å². The highest BCUT2D eigenvalue weighted by Crippen LogP contribution is 2.34. The number of ether oxygens (including phenoxy) is 1. The second kappa shape index (κ2) is 9.67. The van der Waals surface area contributed by atoms with E-state index in [9.17, 15) is 0 Å². The van der Waals surface area contributed by atoms with Crippen LogP contribution in [0.4, 0.5) is 0 Å². The van der Waals surface area contributed by atoms with Crippen LogP contribution in [0.2, 0.25) is 6.04 Å². The molecule has 23 heavy (non-hydrogen) atoms. The number of halogens is 3. The van der Waals surface area contributed by atoms with E-state index in [4.69, 9.17) is 38.0 Å². The molecule has 0 amide bonds. The highest BCUT2D eigenvalue weighted by atomic mass is 35.8. The van der Waals surface area contributed by atoms with E-state index in [0.29, 0.717) is 18.1 Å². The maximum atomic E-state index is 5.96. The first-order chi connectivity index (χ1) is 11.0. The van der Waals surface area contributed by atoms with Crippen LogP contribution in [0.25, 0.3) is 0 Å². The first-order valence-electron chi connectivity index (χ1n) is 8.75. The number of rotatable bonds is 8. The van der Waals surface area contributed by atoms with Crippen LogP contribution in [0.1, 0.15) is 62.5 Å². The number of hydrogen-bond donors (Lipinski definition) is 0. The molecule has 1 nitrogen and oxygen atoms in total. The van der Waals surface area contributed by atoms with E-state index in [1.165, 1.54) is 36.8 Å². The lowest BCUT2D eigenvalue weighted by Crippen LogP contribution is -2.22. The van der Waals surface area contributed by atoms with Crippen molar-refractivity contribution >= 4 is 39.2 Å². The molecule has 5 heteroatoms. The van der Waals surface area contributed by atoms with Gasteiger partial charge in [0.15, 0.2) is 0 Å². The molecule has 0 N–H and O–H groups in total. The predicted octanol–water partition coefficient (Wildman–Crippen LogP) is 6.73. The van der Waals surface area contributed by atoms with Crippen molar-refractivity contribution in [3.05, 3.63) is 35.4 Å². The van der Waals surface area contributed by atoms with Crippen molar-refractivity contribution in [3.8, 4) is 0 Å². The van der Waals surface area contributed by atoms with Gasteiger partial charge in [-0.2, -0.15) is 0 Å². The Balaban J connectivity index is 1.69. The normalized spacial score (nSPS) is 22.3. The maximum absolute atomic E-state index is 5.96. The van der Waals surface area contributed by atoms with Crippen LogP contribution in [0.3, 0.4) is 0 Å². The molecule has 2 rings (SSSR count). The first-order valence-corrected chi connectivity index (χ1v) is 14.0. The smallest absolute Gasteiger partial charge is 0.341 e. The molecule has 1 saturated carbocycles. The average Bonchev–Trinajstić information content (AvgIpc) is 2.52. The minimum atomic E-state index is -2.47. The van der Waals surface area contributed by atoms with Crippen molar-refractivity contribution in [2.75, 3.05) is 6.61 Å². The third-order valence-electron chi connectivity index (χ3n) is 4.62. The van der Waals surface area contributed by atoms with Crippen molar-refractivity contribution < 1.29 is 4.74 Å². The van der Waals surface area contributed by atoms with Crippen molar-refractivity contribution in [3.63, 3.8) is 0 Å². The minimum Gasteiger partial charge on any atom is -0.378 e. The number of aryl methyl sites for hydroxylation is 1. The Kier molecular flexibility index (Phi) is 8.24. The van der Waals surface area contributed by atoms with Crippen molar-refractivity contribution in [2.24, 2.45) is 0 Å². The Hall–Kier alpha value is 0.267. The summed E-state index contributed by atoms with van der Waals surface area (Å²) in [7, 11) is 0. The zero-order chi connectivity index (χ0) is 16.7. The van der Waals surface area contributed by atoms with Gasteiger partial charge in [-0.15, -0.1) is 33.2 Å². The molecule has 0 atom stereocenters. The van der Waals surface area contributed by atoms with Gasteiger partial charge in [0.25, 0.3) is 0 Å². The van der Waals surface area contributed by atoms with Gasteiger partial charge in [0.2, 0.25) is 0 Å². The summed E-state index contributed by atoms with van der Waals surface area (Å²) in [6, 6.07) is 7.45. The van der Waals surface area contributed by atoms with Gasteiger partial charge in [-0.25, -0.2) is 0 Å². The van der Waals surface area contributed by atoms with Crippen LogP contribution < -0.4 is 0 Å². The summed E-state index contributed by atoms with van der Waals surface area (Å²) in [6.07, 6.45) is 8.37. The molecule has 1 aromatic rings. The van der Waals surface area contributed by atoms with Crippen LogP contribution >= 0.6 is 33.2 Å². The van der Waals surface area contributed by atoms with Gasteiger partial charge in [0.1, 0.15) is 0 Å². The molecule has 0 radical (unpaired) electrons. The summed E-state index contributed by atoms with van der Waals surface area (Å²) < 4.78 is 5.96. The fourth-order valence-electron chi connectivity index (χ4n) is 3.33. The van der Waals surface area contributed by atoms with Gasteiger partial charge in [-0.3, -0.25) is 0 Å². The molecule has 0 heterocycles. The highest BCUT2D eigenvalue weighted by molar-refractivity contribution is 7.64. The second-order valence-electron chi connectivity index (χ2n) is 6.55. The summed E-state index contributed by atoms with van der Waals surface area (Å²) in [4.78, 5) is 0. The molecule has 130 valence electrons. The Morgan fingerprint density at radius 1 is 1.04 bits per heavy atom. The molecule has 1 aliphatic rings. The van der Waals surface area contributed by atoms with Crippen LogP contribution in [0, 0.1) is 0 Å². The van der Waals surface area contributed by atoms with Gasteiger partial charge < -0.3 is 4.74 Å². The van der Waals surface area contributed by atoms with Gasteiger partial charge >= 0.3 is 6.00 Å². The van der Waals surface area contributed by atoms with Gasteiger partial charge in [-0.05, 0) is 61.6 Å². The fourth-order valence-corrected chi connectivity index (χ4v) is 5.08. The summed E-state index contributed by atoms with van der Waals surface area (Å²) in [6.45, 7) is 2.95. The molecule has 0 saturated heterocycles. The van der Waals surface area contributed by atoms with E-state index in [1.54, 1.807) is 0 Å². The van der Waals surface area contributed by atoms with Crippen molar-refractivity contribution in [2.45, 2.75) is 69.9 Å². The molecule has 0 aromatic heterocycles. The van der Waals surface area contributed by atoms with E-state index in [2.05, 4.69) is 31.2 Å². The molecule has 0 bridgehead atoms. The zero-order valence-electron chi connectivity index (χ0n) is 13.9. The molecule has 1 aliphatic carbocycles. The highest BCUT2D eigenvalue weighted by Gasteiger charge is 2.25. The van der Waals surface area contributed by atoms with E-state index in [-0.39, 0.29) is 0 Å². The fraction of sp³-hybridized carbons (Fsp3) is 0.667. The first kappa shape index (κ1) is 19.6. The molecular formula is C18H27Cl3OSi. The Morgan fingerprint density at radius 2 is 1.70 bits per heavy atom. The topological polar surface area (TPSA) is 9.23 Å². The Bertz CT molecular complexity index is 450. The zero-order valence-corrected chi connectivity index (χ0v) is 17.1. The quantitative estimate of drug-likeness (QED) is 0.270. The summed E-state index contributed by atoms with van der Waals surface area (Å²) in [5, 5.41) is 0. The van der Waals surface area contributed by atoms with Crippen LogP contribution in [0.5, 0.6) is 0 Å². The summed E-state index contributed by atoms with van der Waals surface area (Å²) in [5.74, 6) is 0.694. The molecule has 1 fully saturated rings. The minimum absolute atomic E-state index is 0.391. The Morgan fingerprint density at radius 3 is 2.26 bits per heavy atom. The largest absolute Gasteiger partial charge is 0.378 e. The number of hydrogen-bond acceptors (Lipinski definition) is 1. The standard InChI is InChI=1S/C18H27Cl3OSi/c1-2-4-15-5-7-16(8-6-15)17-9-11-18(12-10-17)22-13-3-14-23(19,20)21/h5-8,17-18H,2-4,9-14H2,1H3/t17-,18-. The third kappa shape index (κ3) is 7.35. The van der Waals surface area contributed by atoms with Gasteiger partial charge in [0, 0.05) is 6.61 Å². The summed E-state index contributed by atoms with van der Waals surface area (Å²) >= 11 is 17.7. The molecule has 1 aromatic carbocycles. The van der Waals surface area contributed by atoms with Gasteiger partial charge in [-0.1, -0.05) is 37.6 Å². The Labute approximate surface area is 155 Å². The summed E-state index contributed by atoms with van der Waals surface area (Å²) in [5.41, 5.74) is 2.94. The predicted molar refractivity (Wildman–Crippen MR) is 104 cm³/mol. The third-order valence-corrected chi connectivity index (χ3v) is 7.24. The van der Waals surface area contributed by atoms with Crippen LogP contribution in [-0.2, 0) is 11.2 Å². The number of benzene rings is 1. The van der Waals surface area contributed by atoms with E-state index >= 15 is 0 Å². The monoisotopic (exact) mass is 392 g/mol. The van der Waals surface area contributed by atoms with Crippen LogP contribution in [-0.4, -0.2) is 18.7 Å². The van der Waals surface area contributed by atoms with Crippen molar-refractivity contribution in [1.29, 1.82) is 0 Å². The molecule has 0 unspecified atom stereocenters. The van der Waals surface area contributed by atoms with Crippen molar-refractivity contribution in [1.82, 2.24) is 0 Å². The molecule has 0 aliphatic heterocycles.